The van der Waals surface area contributed by atoms with Crippen molar-refractivity contribution in [1.82, 2.24) is 19.3 Å². The van der Waals surface area contributed by atoms with Crippen molar-refractivity contribution in [3.63, 3.8) is 0 Å². The quantitative estimate of drug-likeness (QED) is 0.562. The summed E-state index contributed by atoms with van der Waals surface area (Å²) in [6.07, 6.45) is 3.95. The van der Waals surface area contributed by atoms with Gasteiger partial charge in [-0.15, -0.1) is 0 Å². The Labute approximate surface area is 153 Å². The molecule has 0 aliphatic carbocycles. The number of nitrogens with one attached hydrogen (secondary N) is 1. The lowest BCUT2D eigenvalue weighted by Crippen LogP contribution is -2.09. The first kappa shape index (κ1) is 16.2. The topological polar surface area (TPSA) is 85.0 Å². The lowest BCUT2D eigenvalue weighted by molar-refractivity contribution is 0.198. The smallest absolute Gasteiger partial charge is 0.416 e. The van der Waals surface area contributed by atoms with Crippen molar-refractivity contribution in [1.29, 1.82) is 0 Å². The van der Waals surface area contributed by atoms with Crippen LogP contribution < -0.4 is 5.32 Å². The molecule has 4 rings (SSSR count). The first-order valence-corrected chi connectivity index (χ1v) is 8.16. The second kappa shape index (κ2) is 6.20. The Morgan fingerprint density at radius 1 is 1.23 bits per heavy atom. The molecule has 4 aromatic rings. The molecule has 0 spiro atoms. The molecule has 0 aliphatic rings. The third-order valence-corrected chi connectivity index (χ3v) is 4.34. The fourth-order valence-corrected chi connectivity index (χ4v) is 3.03. The van der Waals surface area contributed by atoms with E-state index in [0.717, 1.165) is 5.39 Å². The number of halogens is 1. The standard InChI is InChI=1S/C18H14ClN5O2/c1-23-10-12(9-21-23)15-6-11-8-20-17(7-16(11)24(15)18(25)26)22-14-5-3-2-4-13(14)19/h2-10H,1H3,(H,20,22)(H,25,26). The van der Waals surface area contributed by atoms with E-state index in [4.69, 9.17) is 11.6 Å². The van der Waals surface area contributed by atoms with Crippen LogP contribution in [-0.2, 0) is 7.05 Å². The molecule has 0 unspecified atom stereocenters. The minimum Gasteiger partial charge on any atom is -0.464 e. The molecule has 3 aromatic heterocycles. The number of aryl methyl sites for hydroxylation is 1. The number of carbonyl (C=O) groups is 1. The number of benzene rings is 1. The monoisotopic (exact) mass is 367 g/mol. The second-order valence-electron chi connectivity index (χ2n) is 5.78. The van der Waals surface area contributed by atoms with Gasteiger partial charge in [-0.3, -0.25) is 4.68 Å². The van der Waals surface area contributed by atoms with Gasteiger partial charge in [0.1, 0.15) is 5.82 Å². The Morgan fingerprint density at radius 2 is 2.04 bits per heavy atom. The summed E-state index contributed by atoms with van der Waals surface area (Å²) in [6, 6.07) is 10.8. The summed E-state index contributed by atoms with van der Waals surface area (Å²) >= 11 is 6.16. The van der Waals surface area contributed by atoms with Gasteiger partial charge in [0.2, 0.25) is 0 Å². The third kappa shape index (κ3) is 2.78. The fraction of sp³-hybridized carbons (Fsp3) is 0.0556. The number of para-hydroxylation sites is 1. The number of aromatic nitrogens is 4. The van der Waals surface area contributed by atoms with Gasteiger partial charge in [-0.25, -0.2) is 14.3 Å². The predicted molar refractivity (Wildman–Crippen MR) is 100 cm³/mol. The molecular weight excluding hydrogens is 354 g/mol. The van der Waals surface area contributed by atoms with E-state index in [1.54, 1.807) is 48.5 Å². The Bertz CT molecular complexity index is 1130. The highest BCUT2D eigenvalue weighted by Gasteiger charge is 2.17. The number of fused-ring (bicyclic) bond motifs is 1. The molecule has 0 saturated carbocycles. The van der Waals surface area contributed by atoms with Crippen LogP contribution in [0.15, 0.2) is 55.0 Å². The van der Waals surface area contributed by atoms with Gasteiger partial charge in [0.15, 0.2) is 0 Å². The van der Waals surface area contributed by atoms with Crippen molar-refractivity contribution in [3.05, 3.63) is 60.0 Å². The number of rotatable bonds is 3. The Kier molecular flexibility index (Phi) is 3.85. The largest absolute Gasteiger partial charge is 0.464 e. The molecule has 0 atom stereocenters. The van der Waals surface area contributed by atoms with Crippen LogP contribution >= 0.6 is 11.6 Å². The molecule has 0 fully saturated rings. The third-order valence-electron chi connectivity index (χ3n) is 4.01. The van der Waals surface area contributed by atoms with Crippen LogP contribution in [0.1, 0.15) is 0 Å². The molecule has 3 heterocycles. The second-order valence-corrected chi connectivity index (χ2v) is 6.19. The van der Waals surface area contributed by atoms with Gasteiger partial charge in [0.05, 0.1) is 28.1 Å². The number of anilines is 2. The van der Waals surface area contributed by atoms with E-state index < -0.39 is 6.09 Å². The van der Waals surface area contributed by atoms with Crippen molar-refractivity contribution < 1.29 is 9.90 Å². The number of carboxylic acid groups (broad SMARTS) is 1. The van der Waals surface area contributed by atoms with E-state index in [9.17, 15) is 9.90 Å². The average molecular weight is 368 g/mol. The van der Waals surface area contributed by atoms with Crippen molar-refractivity contribution in [3.8, 4) is 11.3 Å². The summed E-state index contributed by atoms with van der Waals surface area (Å²) in [7, 11) is 1.78. The highest BCUT2D eigenvalue weighted by molar-refractivity contribution is 6.33. The maximum absolute atomic E-state index is 11.9. The van der Waals surface area contributed by atoms with Crippen molar-refractivity contribution in [2.45, 2.75) is 0 Å². The Balaban J connectivity index is 1.84. The van der Waals surface area contributed by atoms with Crippen molar-refractivity contribution in [2.75, 3.05) is 5.32 Å². The van der Waals surface area contributed by atoms with Crippen LogP contribution in [0.5, 0.6) is 0 Å². The highest BCUT2D eigenvalue weighted by Crippen LogP contribution is 2.30. The molecule has 7 nitrogen and oxygen atoms in total. The van der Waals surface area contributed by atoms with Crippen LogP contribution in [0.25, 0.3) is 22.2 Å². The number of pyridine rings is 1. The van der Waals surface area contributed by atoms with Gasteiger partial charge in [-0.1, -0.05) is 23.7 Å². The van der Waals surface area contributed by atoms with Crippen LogP contribution in [0.3, 0.4) is 0 Å². The SMILES string of the molecule is Cn1cc(-c2cc3cnc(Nc4ccccc4Cl)cc3n2C(=O)O)cn1. The summed E-state index contributed by atoms with van der Waals surface area (Å²) in [5, 5.41) is 18.2. The molecular formula is C18H14ClN5O2. The van der Waals surface area contributed by atoms with E-state index in [0.29, 0.717) is 33.3 Å². The van der Waals surface area contributed by atoms with Crippen LogP contribution in [0.2, 0.25) is 5.02 Å². The van der Waals surface area contributed by atoms with Crippen LogP contribution in [0.4, 0.5) is 16.3 Å². The minimum atomic E-state index is -1.08. The van der Waals surface area contributed by atoms with E-state index in [2.05, 4.69) is 15.4 Å². The normalized spacial score (nSPS) is 11.0. The first-order valence-electron chi connectivity index (χ1n) is 7.78. The molecule has 8 heteroatoms. The Morgan fingerprint density at radius 3 is 2.73 bits per heavy atom. The molecule has 26 heavy (non-hydrogen) atoms. The maximum Gasteiger partial charge on any atom is 0.416 e. The Hall–Kier alpha value is -3.32. The summed E-state index contributed by atoms with van der Waals surface area (Å²) in [4.78, 5) is 16.2. The minimum absolute atomic E-state index is 0.504. The summed E-state index contributed by atoms with van der Waals surface area (Å²) in [5.41, 5.74) is 2.48. The van der Waals surface area contributed by atoms with Gasteiger partial charge in [-0.05, 0) is 18.2 Å². The molecule has 0 amide bonds. The zero-order valence-corrected chi connectivity index (χ0v) is 14.5. The molecule has 130 valence electrons. The zero-order valence-electron chi connectivity index (χ0n) is 13.7. The van der Waals surface area contributed by atoms with Crippen LogP contribution in [-0.4, -0.2) is 30.5 Å². The molecule has 0 radical (unpaired) electrons. The first-order chi connectivity index (χ1) is 12.5. The van der Waals surface area contributed by atoms with Crippen LogP contribution in [0, 0.1) is 0 Å². The fourth-order valence-electron chi connectivity index (χ4n) is 2.84. The van der Waals surface area contributed by atoms with Gasteiger partial charge in [0.25, 0.3) is 0 Å². The summed E-state index contributed by atoms with van der Waals surface area (Å²) in [5.74, 6) is 0.504. The lowest BCUT2D eigenvalue weighted by atomic mass is 10.2. The lowest BCUT2D eigenvalue weighted by Gasteiger charge is -2.08. The number of hydrogen-bond acceptors (Lipinski definition) is 4. The summed E-state index contributed by atoms with van der Waals surface area (Å²) in [6.45, 7) is 0. The zero-order chi connectivity index (χ0) is 18.3. The molecule has 0 saturated heterocycles. The molecule has 2 N–H and O–H groups in total. The van der Waals surface area contributed by atoms with E-state index in [1.807, 2.05) is 18.2 Å². The van der Waals surface area contributed by atoms with Gasteiger partial charge < -0.3 is 10.4 Å². The van der Waals surface area contributed by atoms with E-state index in [-0.39, 0.29) is 0 Å². The van der Waals surface area contributed by atoms with Gasteiger partial charge >= 0.3 is 6.09 Å². The molecule has 1 aromatic carbocycles. The van der Waals surface area contributed by atoms with E-state index in [1.165, 1.54) is 4.57 Å². The van der Waals surface area contributed by atoms with Gasteiger partial charge in [0, 0.05) is 36.5 Å². The van der Waals surface area contributed by atoms with Crippen molar-refractivity contribution >= 4 is 40.1 Å². The number of hydrogen-bond donors (Lipinski definition) is 2. The van der Waals surface area contributed by atoms with E-state index >= 15 is 0 Å². The summed E-state index contributed by atoms with van der Waals surface area (Å²) < 4.78 is 2.85. The predicted octanol–water partition coefficient (Wildman–Crippen LogP) is 4.36. The van der Waals surface area contributed by atoms with Gasteiger partial charge in [-0.2, -0.15) is 5.10 Å². The van der Waals surface area contributed by atoms with Crippen molar-refractivity contribution in [2.24, 2.45) is 7.05 Å². The molecule has 0 bridgehead atoms. The maximum atomic E-state index is 11.9. The molecule has 0 aliphatic heterocycles. The average Bonchev–Trinajstić information content (AvgIpc) is 3.20. The highest BCUT2D eigenvalue weighted by atomic mass is 35.5. The number of nitrogens with zero attached hydrogens (tertiary/aromatic N) is 4.